The molecule has 0 unspecified atom stereocenters. The van der Waals surface area contributed by atoms with E-state index in [-0.39, 0.29) is 18.2 Å². The van der Waals surface area contributed by atoms with E-state index in [2.05, 4.69) is 12.1 Å². The van der Waals surface area contributed by atoms with E-state index in [0.717, 1.165) is 23.4 Å². The number of anilines is 1. The molecule has 0 spiro atoms. The Balaban J connectivity index is 1.99. The summed E-state index contributed by atoms with van der Waals surface area (Å²) in [6, 6.07) is 8.27. The molecule has 1 aromatic rings. The Morgan fingerprint density at radius 2 is 2.22 bits per heavy atom. The number of nitriles is 1. The molecule has 0 bridgehead atoms. The topological polar surface area (TPSA) is 44.1 Å². The summed E-state index contributed by atoms with van der Waals surface area (Å²) in [6.45, 7) is 2.86. The Morgan fingerprint density at radius 3 is 2.89 bits per heavy atom. The van der Waals surface area contributed by atoms with Crippen molar-refractivity contribution in [3.63, 3.8) is 0 Å². The Labute approximate surface area is 107 Å². The lowest BCUT2D eigenvalue weighted by Crippen LogP contribution is -2.30. The van der Waals surface area contributed by atoms with E-state index < -0.39 is 0 Å². The second kappa shape index (κ2) is 4.13. The summed E-state index contributed by atoms with van der Waals surface area (Å²) < 4.78 is 0. The maximum Gasteiger partial charge on any atom is 0.235 e. The van der Waals surface area contributed by atoms with E-state index in [9.17, 15) is 4.79 Å². The van der Waals surface area contributed by atoms with Crippen LogP contribution in [0.25, 0.3) is 0 Å². The van der Waals surface area contributed by atoms with Gasteiger partial charge in [0.2, 0.25) is 5.91 Å². The number of hydrogen-bond acceptors (Lipinski definition) is 2. The number of nitrogens with zero attached hydrogens (tertiary/aromatic N) is 2. The average molecular weight is 240 g/mol. The molecule has 1 aliphatic heterocycles. The number of hydrogen-bond donors (Lipinski definition) is 0. The fraction of sp³-hybridized carbons (Fsp3) is 0.467. The minimum atomic E-state index is -0.247. The maximum atomic E-state index is 12.4. The van der Waals surface area contributed by atoms with Crippen LogP contribution >= 0.6 is 0 Å². The van der Waals surface area contributed by atoms with Crippen molar-refractivity contribution in [2.24, 2.45) is 5.92 Å². The summed E-state index contributed by atoms with van der Waals surface area (Å²) in [4.78, 5) is 14.3. The molecule has 18 heavy (non-hydrogen) atoms. The first-order chi connectivity index (χ1) is 8.70. The fourth-order valence-corrected chi connectivity index (χ4v) is 2.67. The van der Waals surface area contributed by atoms with Crippen LogP contribution in [0.1, 0.15) is 36.3 Å². The van der Waals surface area contributed by atoms with Gasteiger partial charge >= 0.3 is 0 Å². The zero-order chi connectivity index (χ0) is 12.7. The van der Waals surface area contributed by atoms with E-state index in [1.54, 1.807) is 0 Å². The molecule has 3 nitrogen and oxygen atoms in total. The lowest BCUT2D eigenvalue weighted by molar-refractivity contribution is -0.119. The van der Waals surface area contributed by atoms with Gasteiger partial charge in [0, 0.05) is 12.2 Å². The molecule has 0 aromatic heterocycles. The molecule has 1 fully saturated rings. The highest BCUT2D eigenvalue weighted by atomic mass is 16.2. The maximum absolute atomic E-state index is 12.4. The Morgan fingerprint density at radius 1 is 1.44 bits per heavy atom. The summed E-state index contributed by atoms with van der Waals surface area (Å²) in [5, 5.41) is 8.90. The minimum absolute atomic E-state index is 0.115. The summed E-state index contributed by atoms with van der Waals surface area (Å²) in [5.74, 6) is 0.539. The first-order valence-electron chi connectivity index (χ1n) is 6.49. The van der Waals surface area contributed by atoms with Gasteiger partial charge in [-0.25, -0.2) is 0 Å². The second-order valence-electron chi connectivity index (χ2n) is 5.37. The summed E-state index contributed by atoms with van der Waals surface area (Å²) >= 11 is 0. The van der Waals surface area contributed by atoms with Crippen LogP contribution in [0, 0.1) is 24.2 Å². The van der Waals surface area contributed by atoms with Gasteiger partial charge in [0.15, 0.2) is 0 Å². The van der Waals surface area contributed by atoms with Gasteiger partial charge < -0.3 is 4.90 Å². The van der Waals surface area contributed by atoms with E-state index in [4.69, 9.17) is 5.26 Å². The number of benzene rings is 1. The van der Waals surface area contributed by atoms with Crippen LogP contribution in [-0.4, -0.2) is 12.5 Å². The molecule has 92 valence electrons. The van der Waals surface area contributed by atoms with Gasteiger partial charge in [0.25, 0.3) is 0 Å². The van der Waals surface area contributed by atoms with Crippen LogP contribution in [0.3, 0.4) is 0 Å². The number of rotatable bonds is 3. The fourth-order valence-electron chi connectivity index (χ4n) is 2.67. The SMILES string of the molecule is Cc1ccc2c(c1)[C@@H](CC#N)C(=O)N2CC1CC1. The van der Waals surface area contributed by atoms with Gasteiger partial charge in [-0.05, 0) is 37.3 Å². The number of amides is 1. The molecule has 0 N–H and O–H groups in total. The predicted molar refractivity (Wildman–Crippen MR) is 69.2 cm³/mol. The first-order valence-corrected chi connectivity index (χ1v) is 6.49. The van der Waals surface area contributed by atoms with Crippen molar-refractivity contribution >= 4 is 11.6 Å². The van der Waals surface area contributed by atoms with E-state index >= 15 is 0 Å². The third-order valence-corrected chi connectivity index (χ3v) is 3.85. The third-order valence-electron chi connectivity index (χ3n) is 3.85. The Kier molecular flexibility index (Phi) is 2.59. The predicted octanol–water partition coefficient (Wildman–Crippen LogP) is 2.75. The molecule has 1 aliphatic carbocycles. The van der Waals surface area contributed by atoms with Gasteiger partial charge in [0.1, 0.15) is 0 Å². The molecule has 3 rings (SSSR count). The molecule has 0 saturated heterocycles. The largest absolute Gasteiger partial charge is 0.311 e. The van der Waals surface area contributed by atoms with Crippen molar-refractivity contribution in [3.8, 4) is 6.07 Å². The number of aryl methyl sites for hydroxylation is 1. The van der Waals surface area contributed by atoms with Crippen LogP contribution in [0.4, 0.5) is 5.69 Å². The van der Waals surface area contributed by atoms with Crippen molar-refractivity contribution in [2.75, 3.05) is 11.4 Å². The smallest absolute Gasteiger partial charge is 0.235 e. The highest BCUT2D eigenvalue weighted by Gasteiger charge is 2.39. The van der Waals surface area contributed by atoms with Crippen LogP contribution in [0.15, 0.2) is 18.2 Å². The lowest BCUT2D eigenvalue weighted by atomic mass is 9.96. The zero-order valence-corrected chi connectivity index (χ0v) is 10.5. The van der Waals surface area contributed by atoms with Gasteiger partial charge in [0.05, 0.1) is 18.4 Å². The van der Waals surface area contributed by atoms with E-state index in [0.29, 0.717) is 5.92 Å². The molecular formula is C15H16N2O. The molecule has 1 atom stereocenters. The molecule has 0 radical (unpaired) electrons. The average Bonchev–Trinajstić information content (AvgIpc) is 3.12. The van der Waals surface area contributed by atoms with Crippen LogP contribution in [0.5, 0.6) is 0 Å². The molecule has 1 aromatic carbocycles. The minimum Gasteiger partial charge on any atom is -0.311 e. The van der Waals surface area contributed by atoms with Crippen molar-refractivity contribution < 1.29 is 4.79 Å². The van der Waals surface area contributed by atoms with E-state index in [1.807, 2.05) is 24.0 Å². The Hall–Kier alpha value is -1.82. The molecule has 2 aliphatic rings. The highest BCUT2D eigenvalue weighted by Crippen LogP contribution is 2.42. The van der Waals surface area contributed by atoms with Crippen LogP contribution in [-0.2, 0) is 4.79 Å². The van der Waals surface area contributed by atoms with Crippen LogP contribution < -0.4 is 4.90 Å². The Bertz CT molecular complexity index is 540. The highest BCUT2D eigenvalue weighted by molar-refractivity contribution is 6.05. The number of carbonyl (C=O) groups excluding carboxylic acids is 1. The summed E-state index contributed by atoms with van der Waals surface area (Å²) in [6.07, 6.45) is 2.75. The molecule has 1 heterocycles. The van der Waals surface area contributed by atoms with Crippen molar-refractivity contribution in [1.29, 1.82) is 5.26 Å². The van der Waals surface area contributed by atoms with Crippen molar-refractivity contribution in [1.82, 2.24) is 0 Å². The van der Waals surface area contributed by atoms with Gasteiger partial charge in [-0.1, -0.05) is 17.7 Å². The number of carbonyl (C=O) groups is 1. The molecule has 1 saturated carbocycles. The van der Waals surface area contributed by atoms with Crippen LogP contribution in [0.2, 0.25) is 0 Å². The molecule has 1 amide bonds. The zero-order valence-electron chi connectivity index (χ0n) is 10.5. The van der Waals surface area contributed by atoms with Gasteiger partial charge in [-0.15, -0.1) is 0 Å². The van der Waals surface area contributed by atoms with Crippen molar-refractivity contribution in [3.05, 3.63) is 29.3 Å². The van der Waals surface area contributed by atoms with Gasteiger partial charge in [-0.3, -0.25) is 4.79 Å². The second-order valence-corrected chi connectivity index (χ2v) is 5.37. The molecule has 3 heteroatoms. The summed E-state index contributed by atoms with van der Waals surface area (Å²) in [5.41, 5.74) is 3.22. The molecular weight excluding hydrogens is 224 g/mol. The van der Waals surface area contributed by atoms with Gasteiger partial charge in [-0.2, -0.15) is 5.26 Å². The quantitative estimate of drug-likeness (QED) is 0.815. The standard InChI is InChI=1S/C15H16N2O/c1-10-2-5-14-13(8-10)12(6-7-16)15(18)17(14)9-11-3-4-11/h2,5,8,11-12H,3-4,6,9H2,1H3/t12-/m1/s1. The summed E-state index contributed by atoms with van der Waals surface area (Å²) in [7, 11) is 0. The lowest BCUT2D eigenvalue weighted by Gasteiger charge is -2.17. The first kappa shape index (κ1) is 11.3. The normalized spacial score (nSPS) is 21.9. The third kappa shape index (κ3) is 1.78. The van der Waals surface area contributed by atoms with Crippen molar-refractivity contribution in [2.45, 2.75) is 32.1 Å². The van der Waals surface area contributed by atoms with E-state index in [1.165, 1.54) is 12.8 Å². The monoisotopic (exact) mass is 240 g/mol. The number of fused-ring (bicyclic) bond motifs is 1.